The van der Waals surface area contributed by atoms with Gasteiger partial charge in [0.2, 0.25) is 5.91 Å². The Kier molecular flexibility index (Phi) is 10.5. The lowest BCUT2D eigenvalue weighted by Crippen LogP contribution is -2.41. The van der Waals surface area contributed by atoms with E-state index in [0.717, 1.165) is 47.9 Å². The van der Waals surface area contributed by atoms with Crippen molar-refractivity contribution in [3.8, 4) is 0 Å². The van der Waals surface area contributed by atoms with Crippen LogP contribution in [0.4, 0.5) is 14.9 Å². The first-order valence-corrected chi connectivity index (χ1v) is 13.5. The second-order valence-corrected chi connectivity index (χ2v) is 11.0. The number of ether oxygens (including phenoxy) is 1. The van der Waals surface area contributed by atoms with Gasteiger partial charge in [0.15, 0.2) is 5.58 Å². The smallest absolute Gasteiger partial charge is 0.410 e. The zero-order valence-electron chi connectivity index (χ0n) is 23.9. The van der Waals surface area contributed by atoms with E-state index in [1.165, 1.54) is 24.3 Å². The Balaban J connectivity index is 0.00000134. The second-order valence-electron chi connectivity index (χ2n) is 11.0. The maximum absolute atomic E-state index is 13.1. The minimum Gasteiger partial charge on any atom is -0.444 e. The minimum absolute atomic E-state index is 0.179. The molecule has 1 aliphatic heterocycles. The van der Waals surface area contributed by atoms with Gasteiger partial charge in [-0.1, -0.05) is 11.2 Å². The first-order chi connectivity index (χ1) is 18.5. The number of anilines is 1. The largest absolute Gasteiger partial charge is 0.444 e. The molecular formula is C30H41FN4O4. The summed E-state index contributed by atoms with van der Waals surface area (Å²) in [6.45, 7) is 9.00. The number of piperidine rings is 1. The molecule has 8 nitrogen and oxygen atoms in total. The van der Waals surface area contributed by atoms with Crippen molar-refractivity contribution < 1.29 is 23.2 Å². The quantitative estimate of drug-likeness (QED) is 0.406. The fraction of sp³-hybridized carbons (Fsp3) is 0.500. The highest BCUT2D eigenvalue weighted by atomic mass is 19.1. The van der Waals surface area contributed by atoms with E-state index in [0.29, 0.717) is 30.3 Å². The van der Waals surface area contributed by atoms with Gasteiger partial charge in [0.25, 0.3) is 0 Å². The van der Waals surface area contributed by atoms with Crippen molar-refractivity contribution in [2.24, 2.45) is 5.92 Å². The van der Waals surface area contributed by atoms with Gasteiger partial charge in [0.1, 0.15) is 11.4 Å². The predicted molar refractivity (Wildman–Crippen MR) is 151 cm³/mol. The van der Waals surface area contributed by atoms with E-state index in [1.807, 2.05) is 53.9 Å². The first kappa shape index (κ1) is 30.1. The van der Waals surface area contributed by atoms with E-state index in [-0.39, 0.29) is 24.2 Å². The lowest BCUT2D eigenvalue weighted by molar-refractivity contribution is -0.115. The number of hydrogen-bond acceptors (Lipinski definition) is 6. The summed E-state index contributed by atoms with van der Waals surface area (Å²) in [7, 11) is 3.75. The summed E-state index contributed by atoms with van der Waals surface area (Å²) in [6.07, 6.45) is 3.62. The molecule has 2 aromatic carbocycles. The number of benzene rings is 2. The summed E-state index contributed by atoms with van der Waals surface area (Å²) in [5, 5.41) is 10.8. The molecule has 0 unspecified atom stereocenters. The van der Waals surface area contributed by atoms with Crippen LogP contribution in [0.15, 0.2) is 40.9 Å². The SMILES string of the molecule is CNC.Cc1c(CC(=O)Nc2ccc(F)cc2)ccc2c(CCC3CCN(C(=O)OC(C)(C)C)CC3)noc12. The van der Waals surface area contributed by atoms with Crippen LogP contribution < -0.4 is 10.6 Å². The number of likely N-dealkylation sites (tertiary alicyclic amines) is 1. The normalized spacial score (nSPS) is 14.1. The van der Waals surface area contributed by atoms with E-state index in [9.17, 15) is 14.0 Å². The van der Waals surface area contributed by atoms with Gasteiger partial charge < -0.3 is 24.8 Å². The third kappa shape index (κ3) is 8.78. The van der Waals surface area contributed by atoms with Crippen molar-refractivity contribution in [2.75, 3.05) is 32.5 Å². The monoisotopic (exact) mass is 540 g/mol. The Labute approximate surface area is 230 Å². The topological polar surface area (TPSA) is 96.7 Å². The number of hydrogen-bond donors (Lipinski definition) is 2. The molecule has 2 heterocycles. The summed E-state index contributed by atoms with van der Waals surface area (Å²) in [6, 6.07) is 9.61. The zero-order chi connectivity index (χ0) is 28.6. The molecule has 0 saturated carbocycles. The van der Waals surface area contributed by atoms with Crippen LogP contribution in [-0.2, 0) is 22.4 Å². The van der Waals surface area contributed by atoms with Gasteiger partial charge in [0, 0.05) is 24.2 Å². The Morgan fingerprint density at radius 2 is 1.74 bits per heavy atom. The van der Waals surface area contributed by atoms with E-state index >= 15 is 0 Å². The van der Waals surface area contributed by atoms with E-state index in [2.05, 4.69) is 15.8 Å². The highest BCUT2D eigenvalue weighted by Crippen LogP contribution is 2.29. The average Bonchev–Trinajstić information content (AvgIpc) is 3.29. The van der Waals surface area contributed by atoms with Crippen molar-refractivity contribution in [1.29, 1.82) is 0 Å². The number of aryl methyl sites for hydroxylation is 2. The van der Waals surface area contributed by atoms with Gasteiger partial charge in [-0.15, -0.1) is 0 Å². The summed E-state index contributed by atoms with van der Waals surface area (Å²) >= 11 is 0. The van der Waals surface area contributed by atoms with Crippen LogP contribution in [-0.4, -0.2) is 54.8 Å². The molecule has 1 saturated heterocycles. The molecule has 212 valence electrons. The third-order valence-corrected chi connectivity index (χ3v) is 6.61. The molecule has 1 aliphatic rings. The van der Waals surface area contributed by atoms with Crippen LogP contribution in [0.5, 0.6) is 0 Å². The van der Waals surface area contributed by atoms with Crippen molar-refractivity contribution in [1.82, 2.24) is 15.4 Å². The molecule has 2 amide bonds. The molecule has 9 heteroatoms. The molecule has 0 spiro atoms. The molecule has 0 aliphatic carbocycles. The van der Waals surface area contributed by atoms with Gasteiger partial charge in [-0.3, -0.25) is 4.79 Å². The molecular weight excluding hydrogens is 499 g/mol. The number of nitrogens with one attached hydrogen (secondary N) is 2. The summed E-state index contributed by atoms with van der Waals surface area (Å²) in [5.74, 6) is -0.00540. The van der Waals surface area contributed by atoms with Crippen LogP contribution in [0.2, 0.25) is 0 Å². The van der Waals surface area contributed by atoms with Crippen LogP contribution in [0.25, 0.3) is 11.0 Å². The molecule has 0 radical (unpaired) electrons. The summed E-state index contributed by atoms with van der Waals surface area (Å²) in [4.78, 5) is 26.6. The molecule has 0 atom stereocenters. The van der Waals surface area contributed by atoms with Crippen molar-refractivity contribution in [3.05, 3.63) is 59.0 Å². The van der Waals surface area contributed by atoms with Gasteiger partial charge in [-0.2, -0.15) is 0 Å². The zero-order valence-corrected chi connectivity index (χ0v) is 23.9. The third-order valence-electron chi connectivity index (χ3n) is 6.61. The summed E-state index contributed by atoms with van der Waals surface area (Å²) < 4.78 is 24.2. The Morgan fingerprint density at radius 1 is 1.10 bits per heavy atom. The van der Waals surface area contributed by atoms with Crippen molar-refractivity contribution in [3.63, 3.8) is 0 Å². The van der Waals surface area contributed by atoms with Crippen LogP contribution in [0, 0.1) is 18.7 Å². The molecule has 3 aromatic rings. The Bertz CT molecular complexity index is 1240. The molecule has 1 fully saturated rings. The average molecular weight is 541 g/mol. The van der Waals surface area contributed by atoms with Crippen molar-refractivity contribution >= 4 is 28.7 Å². The number of carbonyl (C=O) groups is 2. The highest BCUT2D eigenvalue weighted by Gasteiger charge is 2.27. The number of rotatable bonds is 6. The van der Waals surface area contributed by atoms with Gasteiger partial charge in [-0.25, -0.2) is 9.18 Å². The number of fused-ring (bicyclic) bond motifs is 1. The Morgan fingerprint density at radius 3 is 2.36 bits per heavy atom. The number of aromatic nitrogens is 1. The van der Waals surface area contributed by atoms with Gasteiger partial charge in [-0.05, 0) is 115 Å². The standard InChI is InChI=1S/C28H34FN3O4.C2H7N/c1-18-20(17-25(33)30-22-9-7-21(29)8-10-22)6-11-23-24(31-36-26(18)23)12-5-19-13-15-32(16-14-19)27(34)35-28(2,3)4;1-3-2/h6-11,19H,5,12-17H2,1-4H3,(H,30,33);3H,1-2H3. The first-order valence-electron chi connectivity index (χ1n) is 13.5. The summed E-state index contributed by atoms with van der Waals surface area (Å²) in [5.41, 5.74) is 3.46. The van der Waals surface area contributed by atoms with E-state index in [4.69, 9.17) is 9.26 Å². The molecule has 0 bridgehead atoms. The van der Waals surface area contributed by atoms with Crippen LogP contribution in [0.3, 0.4) is 0 Å². The van der Waals surface area contributed by atoms with Crippen LogP contribution >= 0.6 is 0 Å². The Hall–Kier alpha value is -3.46. The van der Waals surface area contributed by atoms with Crippen LogP contribution in [0.1, 0.15) is 56.9 Å². The molecule has 2 N–H and O–H groups in total. The second kappa shape index (κ2) is 13.6. The lowest BCUT2D eigenvalue weighted by Gasteiger charge is -2.33. The van der Waals surface area contributed by atoms with Gasteiger partial charge >= 0.3 is 6.09 Å². The fourth-order valence-electron chi connectivity index (χ4n) is 4.58. The van der Waals surface area contributed by atoms with E-state index < -0.39 is 5.60 Å². The van der Waals surface area contributed by atoms with Gasteiger partial charge in [0.05, 0.1) is 12.1 Å². The molecule has 39 heavy (non-hydrogen) atoms. The van der Waals surface area contributed by atoms with E-state index in [1.54, 1.807) is 4.90 Å². The molecule has 1 aromatic heterocycles. The highest BCUT2D eigenvalue weighted by molar-refractivity contribution is 5.93. The number of halogens is 1. The lowest BCUT2D eigenvalue weighted by atomic mass is 9.91. The maximum atomic E-state index is 13.1. The minimum atomic E-state index is -0.480. The number of amides is 2. The number of carbonyl (C=O) groups excluding carboxylic acids is 2. The maximum Gasteiger partial charge on any atom is 0.410 e. The predicted octanol–water partition coefficient (Wildman–Crippen LogP) is 5.87. The fourth-order valence-corrected chi connectivity index (χ4v) is 4.58. The number of nitrogens with zero attached hydrogens (tertiary/aromatic N) is 2. The van der Waals surface area contributed by atoms with Crippen molar-refractivity contribution in [2.45, 2.75) is 65.4 Å². The molecule has 4 rings (SSSR count).